The average molecular weight is 609 g/mol. The van der Waals surface area contributed by atoms with E-state index in [1.54, 1.807) is 21.6 Å². The quantitative estimate of drug-likeness (QED) is 0.455. The Morgan fingerprint density at radius 2 is 1.77 bits per heavy atom. The predicted octanol–water partition coefficient (Wildman–Crippen LogP) is 2.30. The van der Waals surface area contributed by atoms with Crippen molar-refractivity contribution in [2.24, 2.45) is 17.8 Å². The number of likely N-dealkylation sites (N-methyl/N-ethyl adjacent to an activating group) is 1. The minimum absolute atomic E-state index is 0.0518. The molecule has 3 aliphatic heterocycles. The lowest BCUT2D eigenvalue weighted by Crippen LogP contribution is -2.60. The van der Waals surface area contributed by atoms with Crippen LogP contribution < -0.4 is 10.2 Å². The first-order valence-corrected chi connectivity index (χ1v) is 15.8. The molecule has 12 nitrogen and oxygen atoms in total. The summed E-state index contributed by atoms with van der Waals surface area (Å²) in [6.45, 7) is 4.75. The van der Waals surface area contributed by atoms with E-state index < -0.39 is 17.8 Å². The molecule has 1 N–H and O–H groups in total. The van der Waals surface area contributed by atoms with Gasteiger partial charge in [0.15, 0.2) is 5.65 Å². The lowest BCUT2D eigenvalue weighted by molar-refractivity contribution is -0.223. The molecule has 3 aromatic heterocycles. The first-order valence-electron chi connectivity index (χ1n) is 15.8. The van der Waals surface area contributed by atoms with Crippen LogP contribution in [0.4, 0.5) is 26.1 Å². The van der Waals surface area contributed by atoms with Gasteiger partial charge in [0.2, 0.25) is 17.8 Å². The second-order valence-electron chi connectivity index (χ2n) is 13.3. The third kappa shape index (κ3) is 4.68. The zero-order valence-corrected chi connectivity index (χ0v) is 24.9. The Kier molecular flexibility index (Phi) is 6.54. The van der Waals surface area contributed by atoms with E-state index in [9.17, 15) is 18.4 Å². The van der Waals surface area contributed by atoms with E-state index in [-0.39, 0.29) is 36.4 Å². The number of amides is 2. The van der Waals surface area contributed by atoms with Crippen LogP contribution in [0.2, 0.25) is 0 Å². The highest BCUT2D eigenvalue weighted by atomic mass is 19.3. The molecule has 6 fully saturated rings. The molecule has 4 unspecified atom stereocenters. The maximum absolute atomic E-state index is 14.1. The van der Waals surface area contributed by atoms with Gasteiger partial charge in [-0.1, -0.05) is 0 Å². The van der Waals surface area contributed by atoms with Crippen LogP contribution in [0, 0.1) is 17.8 Å². The minimum Gasteiger partial charge on any atom is -0.364 e. The molecular formula is C30H38F2N10O2. The number of hydrogen-bond donors (Lipinski definition) is 1. The van der Waals surface area contributed by atoms with Crippen molar-refractivity contribution >= 4 is 34.8 Å². The van der Waals surface area contributed by atoms with Crippen LogP contribution in [0.3, 0.4) is 0 Å². The number of anilines is 3. The fourth-order valence-corrected chi connectivity index (χ4v) is 8.12. The summed E-state index contributed by atoms with van der Waals surface area (Å²) in [5.74, 6) is -3.54. The van der Waals surface area contributed by atoms with Gasteiger partial charge in [-0.2, -0.15) is 10.1 Å². The monoisotopic (exact) mass is 608 g/mol. The summed E-state index contributed by atoms with van der Waals surface area (Å²) < 4.78 is 31.6. The number of alkyl halides is 2. The highest BCUT2D eigenvalue weighted by Crippen LogP contribution is 2.59. The summed E-state index contributed by atoms with van der Waals surface area (Å²) in [5.41, 5.74) is 2.35. The van der Waals surface area contributed by atoms with Gasteiger partial charge in [-0.15, -0.1) is 5.10 Å². The Hall–Kier alpha value is -3.81. The highest BCUT2D eigenvalue weighted by molar-refractivity contribution is 5.81. The van der Waals surface area contributed by atoms with Crippen molar-refractivity contribution in [2.45, 2.75) is 56.7 Å². The number of halogens is 2. The number of nitrogens with one attached hydrogen (secondary N) is 1. The smallest absolute Gasteiger partial charge is 0.253 e. The van der Waals surface area contributed by atoms with Crippen LogP contribution in [0.5, 0.6) is 0 Å². The zero-order chi connectivity index (χ0) is 30.2. The number of hydrogen-bond acceptors (Lipinski definition) is 8. The van der Waals surface area contributed by atoms with Gasteiger partial charge in [0.05, 0.1) is 17.6 Å². The highest BCUT2D eigenvalue weighted by Gasteiger charge is 2.62. The van der Waals surface area contributed by atoms with E-state index in [1.807, 2.05) is 28.1 Å². The molecule has 9 rings (SSSR count). The fraction of sp³-hybridized carbons (Fsp3) is 0.633. The lowest BCUT2D eigenvalue weighted by Gasteiger charge is -2.52. The topological polar surface area (TPSA) is 107 Å². The minimum atomic E-state index is -2.58. The SMILES string of the molecule is CN1CCN(C(=O)Cn2cc(Nc3nc4c(N5CC6CCC(C5)N6C(=O)C5CC6CC(C5)C6(F)F)cccn4n3)cn2)CC1. The van der Waals surface area contributed by atoms with Gasteiger partial charge >= 0.3 is 0 Å². The molecule has 6 aliphatic rings. The summed E-state index contributed by atoms with van der Waals surface area (Å²) in [6.07, 6.45) is 8.35. The zero-order valence-electron chi connectivity index (χ0n) is 24.9. The summed E-state index contributed by atoms with van der Waals surface area (Å²) >= 11 is 0. The number of pyridine rings is 1. The van der Waals surface area contributed by atoms with E-state index in [2.05, 4.69) is 32.4 Å². The molecule has 234 valence electrons. The lowest BCUT2D eigenvalue weighted by atomic mass is 9.58. The standard InChI is InChI=1S/C30H38F2N10O2/c1-37-7-9-38(10-8-37)26(43)18-40-15-22(14-33-40)34-29-35-27-25(3-2-6-41(27)36-29)39-16-23-4-5-24(17-39)42(23)28(44)19-11-20-13-21(12-19)30(20,31)32/h2-3,6,14-15,19-21,23-24H,4-5,7-13,16-18H2,1H3,(H,34,36). The molecule has 0 radical (unpaired) electrons. The molecule has 3 saturated carbocycles. The first-order chi connectivity index (χ1) is 21.2. The summed E-state index contributed by atoms with van der Waals surface area (Å²) in [5, 5.41) is 12.2. The van der Waals surface area contributed by atoms with Crippen LogP contribution >= 0.6 is 0 Å². The molecule has 4 bridgehead atoms. The van der Waals surface area contributed by atoms with E-state index >= 15 is 0 Å². The molecule has 14 heteroatoms. The predicted molar refractivity (Wildman–Crippen MR) is 158 cm³/mol. The summed E-state index contributed by atoms with van der Waals surface area (Å²) in [4.78, 5) is 39.5. The molecular weight excluding hydrogens is 570 g/mol. The number of nitrogens with zero attached hydrogens (tertiary/aromatic N) is 9. The third-order valence-electron chi connectivity index (χ3n) is 10.6. The van der Waals surface area contributed by atoms with Crippen molar-refractivity contribution in [3.05, 3.63) is 30.7 Å². The molecule has 44 heavy (non-hydrogen) atoms. The van der Waals surface area contributed by atoms with Gasteiger partial charge in [-0.25, -0.2) is 13.3 Å². The van der Waals surface area contributed by atoms with Gasteiger partial charge in [0, 0.05) is 81.5 Å². The number of carbonyl (C=O) groups excluding carboxylic acids is 2. The van der Waals surface area contributed by atoms with E-state index in [0.717, 1.165) is 44.7 Å². The second-order valence-corrected chi connectivity index (χ2v) is 13.3. The van der Waals surface area contributed by atoms with Crippen molar-refractivity contribution in [2.75, 3.05) is 56.5 Å². The second kappa shape index (κ2) is 10.4. The number of fused-ring (bicyclic) bond motifs is 5. The van der Waals surface area contributed by atoms with E-state index in [0.29, 0.717) is 49.6 Å². The Morgan fingerprint density at radius 3 is 2.48 bits per heavy atom. The largest absolute Gasteiger partial charge is 0.364 e. The van der Waals surface area contributed by atoms with E-state index in [4.69, 9.17) is 4.98 Å². The number of aromatic nitrogens is 5. The summed E-state index contributed by atoms with van der Waals surface area (Å²) in [6, 6.07) is 4.11. The first kappa shape index (κ1) is 27.7. The van der Waals surface area contributed by atoms with Crippen molar-refractivity contribution in [3.8, 4) is 0 Å². The van der Waals surface area contributed by atoms with Gasteiger partial charge in [-0.3, -0.25) is 14.3 Å². The number of rotatable bonds is 6. The number of piperazine rings is 2. The third-order valence-corrected chi connectivity index (χ3v) is 10.6. The Balaban J connectivity index is 0.930. The Bertz CT molecular complexity index is 1550. The molecule has 0 spiro atoms. The molecule has 3 aromatic rings. The van der Waals surface area contributed by atoms with Gasteiger partial charge < -0.3 is 24.9 Å². The normalized spacial score (nSPS) is 29.6. The molecule has 6 heterocycles. The van der Waals surface area contributed by atoms with Crippen LogP contribution in [0.15, 0.2) is 30.7 Å². The van der Waals surface area contributed by atoms with Crippen molar-refractivity contribution in [3.63, 3.8) is 0 Å². The fourth-order valence-electron chi connectivity index (χ4n) is 8.12. The van der Waals surface area contributed by atoms with Crippen LogP contribution in [-0.4, -0.2) is 115 Å². The van der Waals surface area contributed by atoms with Gasteiger partial charge in [0.25, 0.3) is 5.92 Å². The van der Waals surface area contributed by atoms with Crippen LogP contribution in [-0.2, 0) is 16.1 Å². The van der Waals surface area contributed by atoms with Crippen LogP contribution in [0.1, 0.15) is 32.1 Å². The van der Waals surface area contributed by atoms with E-state index in [1.165, 1.54) is 0 Å². The van der Waals surface area contributed by atoms with Gasteiger partial charge in [0.1, 0.15) is 6.54 Å². The van der Waals surface area contributed by atoms with Crippen molar-refractivity contribution < 1.29 is 18.4 Å². The Morgan fingerprint density at radius 1 is 1.05 bits per heavy atom. The average Bonchev–Trinajstić information content (AvgIpc) is 3.71. The maximum Gasteiger partial charge on any atom is 0.253 e. The van der Waals surface area contributed by atoms with Crippen molar-refractivity contribution in [1.82, 2.24) is 39.1 Å². The molecule has 2 amide bonds. The molecule has 3 saturated heterocycles. The summed E-state index contributed by atoms with van der Waals surface area (Å²) in [7, 11) is 2.06. The molecule has 0 aromatic carbocycles. The van der Waals surface area contributed by atoms with Gasteiger partial charge in [-0.05, 0) is 51.3 Å². The van der Waals surface area contributed by atoms with Crippen LogP contribution in [0.25, 0.3) is 5.65 Å². The number of carbonyl (C=O) groups is 2. The molecule has 3 aliphatic carbocycles. The maximum atomic E-state index is 14.1. The van der Waals surface area contributed by atoms with Crippen molar-refractivity contribution in [1.29, 1.82) is 0 Å². The molecule has 4 atom stereocenters. The Labute approximate surface area is 253 Å².